The molecule has 2 aromatic carbocycles. The third kappa shape index (κ3) is 3.73. The standard InChI is InChI=1S/C23H21FN6O3/c1-14-8-9-15(19(13-14)30-25-10-11-26-30)23(31)29-12-4-7-18(29)21-27-22(33-28-21)16-5-3-6-17(24)20(16)32-2/h3,5-6,8-11,13,18H,4,7,12H2,1-2H3/t18-/m0/s1. The number of carbonyl (C=O) groups is 1. The summed E-state index contributed by atoms with van der Waals surface area (Å²) in [5.74, 6) is -0.153. The van der Waals surface area contributed by atoms with Gasteiger partial charge in [0.15, 0.2) is 17.4 Å². The van der Waals surface area contributed by atoms with Gasteiger partial charge in [0.2, 0.25) is 0 Å². The Labute approximate surface area is 188 Å². The summed E-state index contributed by atoms with van der Waals surface area (Å²) in [7, 11) is 1.38. The number of methoxy groups -OCH3 is 1. The van der Waals surface area contributed by atoms with Crippen LogP contribution in [0, 0.1) is 12.7 Å². The highest BCUT2D eigenvalue weighted by atomic mass is 19.1. The van der Waals surface area contributed by atoms with Crippen molar-refractivity contribution in [1.29, 1.82) is 0 Å². The van der Waals surface area contributed by atoms with Gasteiger partial charge in [0, 0.05) is 6.54 Å². The zero-order chi connectivity index (χ0) is 22.9. The van der Waals surface area contributed by atoms with E-state index < -0.39 is 5.82 Å². The number of nitrogens with zero attached hydrogens (tertiary/aromatic N) is 6. The van der Waals surface area contributed by atoms with Crippen LogP contribution in [0.2, 0.25) is 0 Å². The summed E-state index contributed by atoms with van der Waals surface area (Å²) in [6, 6.07) is 9.66. The molecule has 5 rings (SSSR count). The van der Waals surface area contributed by atoms with Crippen LogP contribution in [0.25, 0.3) is 17.1 Å². The van der Waals surface area contributed by atoms with E-state index in [4.69, 9.17) is 9.26 Å². The summed E-state index contributed by atoms with van der Waals surface area (Å²) < 4.78 is 24.7. The minimum atomic E-state index is -0.522. The van der Waals surface area contributed by atoms with E-state index in [0.717, 1.165) is 12.0 Å². The molecule has 10 heteroatoms. The predicted molar refractivity (Wildman–Crippen MR) is 115 cm³/mol. The number of aromatic nitrogens is 5. The van der Waals surface area contributed by atoms with Gasteiger partial charge >= 0.3 is 0 Å². The first-order valence-corrected chi connectivity index (χ1v) is 10.5. The SMILES string of the molecule is COc1c(F)cccc1-c1nc([C@@H]2CCCN2C(=O)c2ccc(C)cc2-n2nccn2)no1. The Kier molecular flexibility index (Phi) is 5.33. The van der Waals surface area contributed by atoms with E-state index in [2.05, 4.69) is 20.3 Å². The van der Waals surface area contributed by atoms with E-state index in [-0.39, 0.29) is 23.6 Å². The Hall–Kier alpha value is -4.08. The summed E-state index contributed by atoms with van der Waals surface area (Å²) in [6.45, 7) is 2.50. The molecule has 0 bridgehead atoms. The largest absolute Gasteiger partial charge is 0.493 e. The average Bonchev–Trinajstić information content (AvgIpc) is 3.60. The minimum absolute atomic E-state index is 0.0306. The predicted octanol–water partition coefficient (Wildman–Crippen LogP) is 3.75. The van der Waals surface area contributed by atoms with E-state index in [9.17, 15) is 9.18 Å². The number of rotatable bonds is 5. The van der Waals surface area contributed by atoms with E-state index in [1.807, 2.05) is 19.1 Å². The average molecular weight is 448 g/mol. The topological polar surface area (TPSA) is 99.2 Å². The number of hydrogen-bond donors (Lipinski definition) is 0. The van der Waals surface area contributed by atoms with Crippen molar-refractivity contribution < 1.29 is 18.4 Å². The molecule has 33 heavy (non-hydrogen) atoms. The van der Waals surface area contributed by atoms with Gasteiger partial charge in [0.1, 0.15) is 0 Å². The Morgan fingerprint density at radius 2 is 2.03 bits per heavy atom. The lowest BCUT2D eigenvalue weighted by molar-refractivity contribution is 0.0728. The molecule has 1 aliphatic heterocycles. The highest BCUT2D eigenvalue weighted by molar-refractivity contribution is 5.98. The van der Waals surface area contributed by atoms with Gasteiger partial charge in [-0.1, -0.05) is 17.3 Å². The lowest BCUT2D eigenvalue weighted by Gasteiger charge is -2.23. The normalized spacial score (nSPS) is 15.7. The van der Waals surface area contributed by atoms with Crippen LogP contribution < -0.4 is 4.74 Å². The summed E-state index contributed by atoms with van der Waals surface area (Å²) in [6.07, 6.45) is 4.62. The zero-order valence-electron chi connectivity index (χ0n) is 18.1. The molecule has 0 unspecified atom stereocenters. The number of halogens is 1. The van der Waals surface area contributed by atoms with Crippen LogP contribution in [0.5, 0.6) is 5.75 Å². The van der Waals surface area contributed by atoms with Gasteiger partial charge in [-0.05, 0) is 49.6 Å². The second-order valence-corrected chi connectivity index (χ2v) is 7.77. The molecule has 0 radical (unpaired) electrons. The Morgan fingerprint density at radius 1 is 1.21 bits per heavy atom. The number of carbonyl (C=O) groups excluding carboxylic acids is 1. The zero-order valence-corrected chi connectivity index (χ0v) is 18.1. The molecular weight excluding hydrogens is 427 g/mol. The molecule has 4 aromatic rings. The molecule has 2 aromatic heterocycles. The second-order valence-electron chi connectivity index (χ2n) is 7.77. The molecule has 1 saturated heterocycles. The fourth-order valence-electron chi connectivity index (χ4n) is 4.13. The van der Waals surface area contributed by atoms with E-state index >= 15 is 0 Å². The summed E-state index contributed by atoms with van der Waals surface area (Å²) >= 11 is 0. The molecule has 1 aliphatic rings. The van der Waals surface area contributed by atoms with Crippen LogP contribution in [-0.2, 0) is 0 Å². The highest BCUT2D eigenvalue weighted by Crippen LogP contribution is 2.36. The maximum Gasteiger partial charge on any atom is 0.261 e. The molecule has 0 N–H and O–H groups in total. The summed E-state index contributed by atoms with van der Waals surface area (Å²) in [5.41, 5.74) is 2.44. The second kappa shape index (κ2) is 8.45. The van der Waals surface area contributed by atoms with Crippen molar-refractivity contribution in [3.05, 3.63) is 71.6 Å². The fourth-order valence-corrected chi connectivity index (χ4v) is 4.13. The third-order valence-corrected chi connectivity index (χ3v) is 5.67. The molecule has 1 atom stereocenters. The first kappa shape index (κ1) is 20.8. The van der Waals surface area contributed by atoms with E-state index in [1.165, 1.54) is 18.0 Å². The molecule has 1 fully saturated rings. The lowest BCUT2D eigenvalue weighted by Crippen LogP contribution is -2.32. The lowest BCUT2D eigenvalue weighted by atomic mass is 10.1. The molecule has 9 nitrogen and oxygen atoms in total. The van der Waals surface area contributed by atoms with Crippen molar-refractivity contribution >= 4 is 5.91 Å². The van der Waals surface area contributed by atoms with Crippen LogP contribution in [0.1, 0.15) is 40.6 Å². The van der Waals surface area contributed by atoms with Crippen molar-refractivity contribution in [2.75, 3.05) is 13.7 Å². The van der Waals surface area contributed by atoms with Crippen LogP contribution in [0.3, 0.4) is 0 Å². The summed E-state index contributed by atoms with van der Waals surface area (Å²) in [5, 5.41) is 12.5. The number of hydrogen-bond acceptors (Lipinski definition) is 7. The molecular formula is C23H21FN6O3. The van der Waals surface area contributed by atoms with Gasteiger partial charge in [0.05, 0.1) is 42.4 Å². The van der Waals surface area contributed by atoms with Gasteiger partial charge < -0.3 is 14.2 Å². The molecule has 0 saturated carbocycles. The van der Waals surface area contributed by atoms with Crippen molar-refractivity contribution in [2.24, 2.45) is 0 Å². The Balaban J connectivity index is 1.47. The van der Waals surface area contributed by atoms with E-state index in [0.29, 0.717) is 35.6 Å². The number of benzene rings is 2. The number of likely N-dealkylation sites (tertiary alicyclic amines) is 1. The van der Waals surface area contributed by atoms with Crippen molar-refractivity contribution in [3.63, 3.8) is 0 Å². The maximum atomic E-state index is 14.1. The summed E-state index contributed by atoms with van der Waals surface area (Å²) in [4.78, 5) is 21.2. The Morgan fingerprint density at radius 3 is 2.82 bits per heavy atom. The number of ether oxygens (including phenoxy) is 1. The maximum absolute atomic E-state index is 14.1. The third-order valence-electron chi connectivity index (χ3n) is 5.67. The monoisotopic (exact) mass is 448 g/mol. The highest BCUT2D eigenvalue weighted by Gasteiger charge is 2.35. The van der Waals surface area contributed by atoms with Crippen molar-refractivity contribution in [1.82, 2.24) is 30.0 Å². The molecule has 0 spiro atoms. The molecule has 1 amide bonds. The van der Waals surface area contributed by atoms with Crippen LogP contribution in [0.15, 0.2) is 53.3 Å². The van der Waals surface area contributed by atoms with Gasteiger partial charge in [-0.25, -0.2) is 4.39 Å². The molecule has 0 aliphatic carbocycles. The van der Waals surface area contributed by atoms with Crippen LogP contribution in [-0.4, -0.2) is 49.6 Å². The smallest absolute Gasteiger partial charge is 0.261 e. The van der Waals surface area contributed by atoms with Gasteiger partial charge in [-0.3, -0.25) is 4.79 Å². The van der Waals surface area contributed by atoms with Gasteiger partial charge in [0.25, 0.3) is 11.8 Å². The van der Waals surface area contributed by atoms with Crippen molar-refractivity contribution in [3.8, 4) is 22.9 Å². The number of aryl methyl sites for hydroxylation is 1. The number of amides is 1. The minimum Gasteiger partial charge on any atom is -0.493 e. The van der Waals surface area contributed by atoms with Crippen LogP contribution in [0.4, 0.5) is 4.39 Å². The van der Waals surface area contributed by atoms with Crippen molar-refractivity contribution in [2.45, 2.75) is 25.8 Å². The molecule has 168 valence electrons. The van der Waals surface area contributed by atoms with Gasteiger partial charge in [-0.2, -0.15) is 20.0 Å². The molecule has 3 heterocycles. The first-order valence-electron chi connectivity index (χ1n) is 10.5. The van der Waals surface area contributed by atoms with E-state index in [1.54, 1.807) is 35.5 Å². The van der Waals surface area contributed by atoms with Crippen LogP contribution >= 0.6 is 0 Å². The Bertz CT molecular complexity index is 1300. The van der Waals surface area contributed by atoms with Gasteiger partial charge in [-0.15, -0.1) is 0 Å². The quantitative estimate of drug-likeness (QED) is 0.458. The number of para-hydroxylation sites is 1. The fraction of sp³-hybridized carbons (Fsp3) is 0.261. The first-order chi connectivity index (χ1) is 16.1.